The lowest BCUT2D eigenvalue weighted by molar-refractivity contribution is 0.101. The monoisotopic (exact) mass is 357 g/mol. The zero-order valence-corrected chi connectivity index (χ0v) is 15.4. The Kier molecular flexibility index (Phi) is 4.85. The third-order valence-corrected chi connectivity index (χ3v) is 4.90. The lowest BCUT2D eigenvalue weighted by Gasteiger charge is -2.08. The van der Waals surface area contributed by atoms with Gasteiger partial charge < -0.3 is 9.26 Å². The standard InChI is InChI=1S/C18H19N3O3S/c1-10-7-5-6-8-15(10)23-9-14-12(3)24-21-16(14)17(22)20-18-19-11(2)13(4)25-18/h5-8H,9H2,1-4H3,(H,19,20,22). The minimum Gasteiger partial charge on any atom is -0.488 e. The topological polar surface area (TPSA) is 77.2 Å². The number of amides is 1. The second kappa shape index (κ2) is 7.06. The molecule has 2 aromatic heterocycles. The number of anilines is 1. The fourth-order valence-corrected chi connectivity index (χ4v) is 3.10. The van der Waals surface area contributed by atoms with Gasteiger partial charge in [0.05, 0.1) is 11.3 Å². The van der Waals surface area contributed by atoms with Crippen molar-refractivity contribution in [2.24, 2.45) is 0 Å². The fraction of sp³-hybridized carbons (Fsp3) is 0.278. The molecule has 0 unspecified atom stereocenters. The maximum atomic E-state index is 12.5. The van der Waals surface area contributed by atoms with Crippen LogP contribution in [-0.2, 0) is 6.61 Å². The van der Waals surface area contributed by atoms with Crippen LogP contribution in [0.3, 0.4) is 0 Å². The van der Waals surface area contributed by atoms with Crippen molar-refractivity contribution in [2.75, 3.05) is 5.32 Å². The average Bonchev–Trinajstić information content (AvgIpc) is 3.09. The van der Waals surface area contributed by atoms with Gasteiger partial charge in [-0.3, -0.25) is 10.1 Å². The summed E-state index contributed by atoms with van der Waals surface area (Å²) in [6, 6.07) is 7.71. The number of nitrogens with one attached hydrogen (secondary N) is 1. The molecule has 1 aromatic carbocycles. The van der Waals surface area contributed by atoms with Crippen molar-refractivity contribution in [3.05, 3.63) is 57.4 Å². The Balaban J connectivity index is 1.76. The summed E-state index contributed by atoms with van der Waals surface area (Å²) in [7, 11) is 0. The molecule has 130 valence electrons. The van der Waals surface area contributed by atoms with Crippen LogP contribution in [0.4, 0.5) is 5.13 Å². The van der Waals surface area contributed by atoms with Gasteiger partial charge in [-0.05, 0) is 39.3 Å². The molecule has 0 saturated carbocycles. The Hall–Kier alpha value is -2.67. The van der Waals surface area contributed by atoms with Gasteiger partial charge in [-0.25, -0.2) is 4.98 Å². The van der Waals surface area contributed by atoms with E-state index in [-0.39, 0.29) is 18.2 Å². The van der Waals surface area contributed by atoms with E-state index in [1.807, 2.05) is 45.0 Å². The SMILES string of the molecule is Cc1ccccc1OCc1c(C(=O)Nc2nc(C)c(C)s2)noc1C. The molecule has 0 radical (unpaired) electrons. The van der Waals surface area contributed by atoms with Gasteiger partial charge >= 0.3 is 0 Å². The third-order valence-electron chi connectivity index (χ3n) is 3.91. The second-order valence-corrected chi connectivity index (χ2v) is 6.94. The number of benzene rings is 1. The molecular formula is C18H19N3O3S. The Morgan fingerprint density at radius 2 is 2.00 bits per heavy atom. The molecular weight excluding hydrogens is 338 g/mol. The molecule has 0 aliphatic carbocycles. The van der Waals surface area contributed by atoms with E-state index >= 15 is 0 Å². The number of thiazole rings is 1. The van der Waals surface area contributed by atoms with Crippen molar-refractivity contribution in [3.63, 3.8) is 0 Å². The first-order valence-electron chi connectivity index (χ1n) is 7.84. The van der Waals surface area contributed by atoms with Gasteiger partial charge in [-0.15, -0.1) is 11.3 Å². The van der Waals surface area contributed by atoms with Gasteiger partial charge in [0, 0.05) is 4.88 Å². The van der Waals surface area contributed by atoms with E-state index in [2.05, 4.69) is 15.5 Å². The number of hydrogen-bond acceptors (Lipinski definition) is 6. The Labute approximate surface area is 149 Å². The maximum Gasteiger partial charge on any atom is 0.280 e. The van der Waals surface area contributed by atoms with Gasteiger partial charge in [0.15, 0.2) is 10.8 Å². The highest BCUT2D eigenvalue weighted by Crippen LogP contribution is 2.24. The van der Waals surface area contributed by atoms with Crippen LogP contribution in [0.25, 0.3) is 0 Å². The van der Waals surface area contributed by atoms with Gasteiger partial charge in [-0.2, -0.15) is 0 Å². The van der Waals surface area contributed by atoms with Gasteiger partial charge in [-0.1, -0.05) is 23.4 Å². The molecule has 25 heavy (non-hydrogen) atoms. The summed E-state index contributed by atoms with van der Waals surface area (Å²) < 4.78 is 11.0. The van der Waals surface area contributed by atoms with Crippen molar-refractivity contribution in [1.29, 1.82) is 0 Å². The average molecular weight is 357 g/mol. The summed E-state index contributed by atoms with van der Waals surface area (Å²) in [4.78, 5) is 17.9. The molecule has 6 nitrogen and oxygen atoms in total. The largest absolute Gasteiger partial charge is 0.488 e. The molecule has 2 heterocycles. The smallest absolute Gasteiger partial charge is 0.280 e. The summed E-state index contributed by atoms with van der Waals surface area (Å²) in [6.45, 7) is 7.81. The zero-order valence-electron chi connectivity index (χ0n) is 14.5. The van der Waals surface area contributed by atoms with Crippen molar-refractivity contribution >= 4 is 22.4 Å². The molecule has 3 rings (SSSR count). The minimum atomic E-state index is -0.353. The van der Waals surface area contributed by atoms with E-state index < -0.39 is 0 Å². The molecule has 0 atom stereocenters. The molecule has 0 saturated heterocycles. The predicted octanol–water partition coefficient (Wildman–Crippen LogP) is 4.20. The maximum absolute atomic E-state index is 12.5. The molecule has 0 aliphatic rings. The molecule has 0 fully saturated rings. The lowest BCUT2D eigenvalue weighted by atomic mass is 10.2. The van der Waals surface area contributed by atoms with E-state index in [1.165, 1.54) is 11.3 Å². The van der Waals surface area contributed by atoms with E-state index in [4.69, 9.17) is 9.26 Å². The third kappa shape index (κ3) is 3.71. The first-order valence-corrected chi connectivity index (χ1v) is 8.66. The van der Waals surface area contributed by atoms with Crippen molar-refractivity contribution in [1.82, 2.24) is 10.1 Å². The summed E-state index contributed by atoms with van der Waals surface area (Å²) in [5, 5.41) is 7.21. The van der Waals surface area contributed by atoms with E-state index in [0.29, 0.717) is 16.5 Å². The number of hydrogen-bond donors (Lipinski definition) is 1. The molecule has 3 aromatic rings. The number of carbonyl (C=O) groups excluding carboxylic acids is 1. The molecule has 0 aliphatic heterocycles. The molecule has 0 bridgehead atoms. The van der Waals surface area contributed by atoms with E-state index in [0.717, 1.165) is 21.9 Å². The van der Waals surface area contributed by atoms with Gasteiger partial charge in [0.2, 0.25) is 0 Å². The lowest BCUT2D eigenvalue weighted by Crippen LogP contribution is -2.15. The van der Waals surface area contributed by atoms with Crippen LogP contribution < -0.4 is 10.1 Å². The first-order chi connectivity index (χ1) is 12.0. The summed E-state index contributed by atoms with van der Waals surface area (Å²) in [5.74, 6) is 0.972. The van der Waals surface area contributed by atoms with Crippen LogP contribution in [0.15, 0.2) is 28.8 Å². The number of ether oxygens (including phenoxy) is 1. The summed E-state index contributed by atoms with van der Waals surface area (Å²) in [6.07, 6.45) is 0. The van der Waals surface area contributed by atoms with Crippen LogP contribution in [0, 0.1) is 27.7 Å². The summed E-state index contributed by atoms with van der Waals surface area (Å²) in [5.41, 5.74) is 2.78. The number of nitrogens with zero attached hydrogens (tertiary/aromatic N) is 2. The van der Waals surface area contributed by atoms with Crippen LogP contribution in [-0.4, -0.2) is 16.0 Å². The number of carbonyl (C=O) groups is 1. The second-order valence-electron chi connectivity index (χ2n) is 5.73. The Morgan fingerprint density at radius 1 is 1.24 bits per heavy atom. The Bertz CT molecular complexity index is 895. The van der Waals surface area contributed by atoms with Crippen LogP contribution in [0.2, 0.25) is 0 Å². The molecule has 1 amide bonds. The van der Waals surface area contributed by atoms with E-state index in [9.17, 15) is 4.79 Å². The highest BCUT2D eigenvalue weighted by molar-refractivity contribution is 7.15. The highest BCUT2D eigenvalue weighted by Gasteiger charge is 2.21. The van der Waals surface area contributed by atoms with Crippen LogP contribution in [0.1, 0.15) is 37.9 Å². The van der Waals surface area contributed by atoms with Crippen molar-refractivity contribution in [2.45, 2.75) is 34.3 Å². The molecule has 1 N–H and O–H groups in total. The molecule has 7 heteroatoms. The number of aromatic nitrogens is 2. The minimum absolute atomic E-state index is 0.207. The van der Waals surface area contributed by atoms with Gasteiger partial charge in [0.1, 0.15) is 18.1 Å². The Morgan fingerprint density at radius 3 is 2.68 bits per heavy atom. The first kappa shape index (κ1) is 17.2. The van der Waals surface area contributed by atoms with Crippen molar-refractivity contribution in [3.8, 4) is 5.75 Å². The number of rotatable bonds is 5. The quantitative estimate of drug-likeness (QED) is 0.740. The van der Waals surface area contributed by atoms with Crippen LogP contribution in [0.5, 0.6) is 5.75 Å². The fourth-order valence-electron chi connectivity index (χ4n) is 2.29. The predicted molar refractivity (Wildman–Crippen MR) is 96.3 cm³/mol. The normalized spacial score (nSPS) is 10.7. The number of para-hydroxylation sites is 1. The molecule has 0 spiro atoms. The van der Waals surface area contributed by atoms with Crippen molar-refractivity contribution < 1.29 is 14.1 Å². The summed E-state index contributed by atoms with van der Waals surface area (Å²) >= 11 is 1.43. The van der Waals surface area contributed by atoms with E-state index in [1.54, 1.807) is 6.92 Å². The van der Waals surface area contributed by atoms with Crippen LogP contribution >= 0.6 is 11.3 Å². The van der Waals surface area contributed by atoms with Gasteiger partial charge in [0.25, 0.3) is 5.91 Å². The number of aryl methyl sites for hydroxylation is 4. The highest BCUT2D eigenvalue weighted by atomic mass is 32.1. The zero-order chi connectivity index (χ0) is 18.0.